The lowest BCUT2D eigenvalue weighted by atomic mass is 10.0. The van der Waals surface area contributed by atoms with E-state index in [-0.39, 0.29) is 18.1 Å². The van der Waals surface area contributed by atoms with E-state index in [0.29, 0.717) is 29.0 Å². The molecule has 0 atom stereocenters. The maximum Gasteiger partial charge on any atom is 0.330 e. The van der Waals surface area contributed by atoms with Gasteiger partial charge in [0.1, 0.15) is 23.9 Å². The van der Waals surface area contributed by atoms with Crippen molar-refractivity contribution in [3.05, 3.63) is 58.7 Å². The zero-order valence-electron chi connectivity index (χ0n) is 17.2. The fourth-order valence-corrected chi connectivity index (χ4v) is 2.90. The lowest BCUT2D eigenvalue weighted by Gasteiger charge is -2.16. The second-order valence-corrected chi connectivity index (χ2v) is 6.46. The predicted molar refractivity (Wildman–Crippen MR) is 110 cm³/mol. The lowest BCUT2D eigenvalue weighted by molar-refractivity contribution is -0.134. The van der Waals surface area contributed by atoms with Gasteiger partial charge < -0.3 is 19.3 Å². The van der Waals surface area contributed by atoms with Crippen LogP contribution in [0.4, 0.5) is 0 Å². The first-order valence-corrected chi connectivity index (χ1v) is 9.32. The Kier molecular flexibility index (Phi) is 7.83. The number of methoxy groups -OCH3 is 2. The topological polar surface area (TPSA) is 82.1 Å². The Morgan fingerprint density at radius 3 is 2.48 bits per heavy atom. The van der Waals surface area contributed by atoms with Crippen molar-refractivity contribution in [2.75, 3.05) is 14.2 Å². The van der Waals surface area contributed by atoms with Crippen LogP contribution in [0.3, 0.4) is 0 Å². The number of ether oxygens (including phenoxy) is 3. The molecule has 6 nitrogen and oxygen atoms in total. The normalized spacial score (nSPS) is 10.8. The highest BCUT2D eigenvalue weighted by Crippen LogP contribution is 2.34. The number of phenols is 1. The molecule has 6 heteroatoms. The molecule has 0 spiro atoms. The van der Waals surface area contributed by atoms with Gasteiger partial charge in [-0.1, -0.05) is 25.5 Å². The molecule has 0 fully saturated rings. The van der Waals surface area contributed by atoms with E-state index in [1.807, 2.05) is 19.1 Å². The minimum absolute atomic E-state index is 0.0212. The van der Waals surface area contributed by atoms with E-state index in [1.54, 1.807) is 31.4 Å². The summed E-state index contributed by atoms with van der Waals surface area (Å²) in [7, 11) is 2.88. The summed E-state index contributed by atoms with van der Waals surface area (Å²) in [4.78, 5) is 22.9. The van der Waals surface area contributed by atoms with E-state index in [0.717, 1.165) is 17.5 Å². The van der Waals surface area contributed by atoms with Crippen molar-refractivity contribution in [2.24, 2.45) is 0 Å². The minimum Gasteiger partial charge on any atom is -0.507 e. The van der Waals surface area contributed by atoms with Crippen LogP contribution < -0.4 is 9.47 Å². The Morgan fingerprint density at radius 1 is 1.10 bits per heavy atom. The highest BCUT2D eigenvalue weighted by atomic mass is 16.5. The smallest absolute Gasteiger partial charge is 0.330 e. The number of esters is 1. The van der Waals surface area contributed by atoms with E-state index in [4.69, 9.17) is 9.47 Å². The average molecular weight is 398 g/mol. The first-order chi connectivity index (χ1) is 13.9. The SMILES string of the molecule is CCCc1c(OCc2ccc(C=CC(=O)OC)cc2OC)ccc(C(C)=O)c1O. The lowest BCUT2D eigenvalue weighted by Crippen LogP contribution is -2.03. The third kappa shape index (κ3) is 5.60. The summed E-state index contributed by atoms with van der Waals surface area (Å²) in [5.41, 5.74) is 2.50. The van der Waals surface area contributed by atoms with Gasteiger partial charge in [-0.05, 0) is 43.2 Å². The van der Waals surface area contributed by atoms with Gasteiger partial charge in [0.25, 0.3) is 0 Å². The second-order valence-electron chi connectivity index (χ2n) is 6.46. The first kappa shape index (κ1) is 22.0. The molecule has 0 amide bonds. The number of Topliss-reactive ketones (excluding diaryl/α,β-unsaturated/α-hetero) is 1. The Balaban J connectivity index is 2.25. The zero-order valence-corrected chi connectivity index (χ0v) is 17.2. The standard InChI is InChI=1S/C23H26O6/c1-5-6-19-20(11-10-18(15(2)24)23(19)26)29-14-17-9-7-16(13-21(17)27-3)8-12-22(25)28-4/h7-13,26H,5-6,14H2,1-4H3. The van der Waals surface area contributed by atoms with Gasteiger partial charge in [-0.15, -0.1) is 0 Å². The summed E-state index contributed by atoms with van der Waals surface area (Å²) >= 11 is 0. The van der Waals surface area contributed by atoms with Gasteiger partial charge in [-0.25, -0.2) is 4.79 Å². The van der Waals surface area contributed by atoms with Crippen molar-refractivity contribution < 1.29 is 28.9 Å². The Bertz CT molecular complexity index is 914. The molecule has 0 aliphatic heterocycles. The summed E-state index contributed by atoms with van der Waals surface area (Å²) in [6.45, 7) is 3.64. The fourth-order valence-electron chi connectivity index (χ4n) is 2.90. The minimum atomic E-state index is -0.436. The molecular formula is C23H26O6. The summed E-state index contributed by atoms with van der Waals surface area (Å²) < 4.78 is 16.0. The largest absolute Gasteiger partial charge is 0.507 e. The van der Waals surface area contributed by atoms with Crippen molar-refractivity contribution in [2.45, 2.75) is 33.3 Å². The summed E-state index contributed by atoms with van der Waals surface area (Å²) in [6, 6.07) is 8.76. The molecular weight excluding hydrogens is 372 g/mol. The van der Waals surface area contributed by atoms with Crippen LogP contribution in [0.25, 0.3) is 6.08 Å². The van der Waals surface area contributed by atoms with Crippen molar-refractivity contribution >= 4 is 17.8 Å². The van der Waals surface area contributed by atoms with Gasteiger partial charge in [0.05, 0.1) is 19.8 Å². The zero-order chi connectivity index (χ0) is 21.4. The fraction of sp³-hybridized carbons (Fsp3) is 0.304. The number of hydrogen-bond acceptors (Lipinski definition) is 6. The molecule has 2 aromatic carbocycles. The predicted octanol–water partition coefficient (Wildman–Crippen LogP) is 4.32. The van der Waals surface area contributed by atoms with Crippen molar-refractivity contribution in [3.8, 4) is 17.2 Å². The van der Waals surface area contributed by atoms with Crippen molar-refractivity contribution in [3.63, 3.8) is 0 Å². The van der Waals surface area contributed by atoms with Crippen LogP contribution >= 0.6 is 0 Å². The average Bonchev–Trinajstić information content (AvgIpc) is 2.72. The van der Waals surface area contributed by atoms with E-state index in [1.165, 1.54) is 20.1 Å². The number of hydrogen-bond donors (Lipinski definition) is 1. The molecule has 0 aliphatic rings. The molecule has 0 radical (unpaired) electrons. The number of ketones is 1. The molecule has 0 saturated carbocycles. The van der Waals surface area contributed by atoms with Crippen LogP contribution in [0.2, 0.25) is 0 Å². The van der Waals surface area contributed by atoms with Crippen LogP contribution in [0.5, 0.6) is 17.2 Å². The van der Waals surface area contributed by atoms with Crippen LogP contribution in [0.1, 0.15) is 47.3 Å². The number of carbonyl (C=O) groups excluding carboxylic acids is 2. The third-order valence-electron chi connectivity index (χ3n) is 4.43. The van der Waals surface area contributed by atoms with Gasteiger partial charge >= 0.3 is 5.97 Å². The number of aromatic hydroxyl groups is 1. The van der Waals surface area contributed by atoms with Crippen molar-refractivity contribution in [1.82, 2.24) is 0 Å². The highest BCUT2D eigenvalue weighted by molar-refractivity contribution is 5.97. The molecule has 154 valence electrons. The van der Waals surface area contributed by atoms with E-state index in [9.17, 15) is 14.7 Å². The third-order valence-corrected chi connectivity index (χ3v) is 4.43. The van der Waals surface area contributed by atoms with Crippen LogP contribution in [-0.2, 0) is 22.6 Å². The van der Waals surface area contributed by atoms with E-state index < -0.39 is 5.97 Å². The maximum atomic E-state index is 11.7. The van der Waals surface area contributed by atoms with Gasteiger partial charge in [-0.2, -0.15) is 0 Å². The van der Waals surface area contributed by atoms with Crippen LogP contribution in [-0.4, -0.2) is 31.1 Å². The number of phenolic OH excluding ortho intramolecular Hbond substituents is 1. The molecule has 0 heterocycles. The quantitative estimate of drug-likeness (QED) is 0.385. The van der Waals surface area contributed by atoms with Gasteiger partial charge in [0, 0.05) is 17.2 Å². The number of rotatable bonds is 9. The molecule has 0 unspecified atom stereocenters. The van der Waals surface area contributed by atoms with E-state index in [2.05, 4.69) is 4.74 Å². The Hall–Kier alpha value is -3.28. The van der Waals surface area contributed by atoms with Crippen LogP contribution in [0.15, 0.2) is 36.4 Å². The number of benzene rings is 2. The number of carbonyl (C=O) groups is 2. The molecule has 0 aromatic heterocycles. The first-order valence-electron chi connectivity index (χ1n) is 9.32. The molecule has 1 N–H and O–H groups in total. The Morgan fingerprint density at radius 2 is 1.86 bits per heavy atom. The molecule has 2 rings (SSSR count). The highest BCUT2D eigenvalue weighted by Gasteiger charge is 2.16. The van der Waals surface area contributed by atoms with Crippen LogP contribution in [0, 0.1) is 0 Å². The second kappa shape index (κ2) is 10.3. The molecule has 2 aromatic rings. The van der Waals surface area contributed by atoms with E-state index >= 15 is 0 Å². The monoisotopic (exact) mass is 398 g/mol. The van der Waals surface area contributed by atoms with Gasteiger partial charge in [-0.3, -0.25) is 4.79 Å². The Labute approximate surface area is 170 Å². The summed E-state index contributed by atoms with van der Waals surface area (Å²) in [5.74, 6) is 0.495. The van der Waals surface area contributed by atoms with Crippen molar-refractivity contribution in [1.29, 1.82) is 0 Å². The summed E-state index contributed by atoms with van der Waals surface area (Å²) in [5, 5.41) is 10.5. The van der Waals surface area contributed by atoms with Gasteiger partial charge in [0.15, 0.2) is 5.78 Å². The summed E-state index contributed by atoms with van der Waals surface area (Å²) in [6.07, 6.45) is 4.37. The molecule has 0 saturated heterocycles. The molecule has 0 bridgehead atoms. The maximum absolute atomic E-state index is 11.7. The molecule has 0 aliphatic carbocycles. The molecule has 29 heavy (non-hydrogen) atoms. The van der Waals surface area contributed by atoms with Gasteiger partial charge in [0.2, 0.25) is 0 Å².